The second-order valence-corrected chi connectivity index (χ2v) is 6.62. The molecule has 2 rings (SSSR count). The van der Waals surface area contributed by atoms with Gasteiger partial charge in [-0.25, -0.2) is 12.7 Å². The van der Waals surface area contributed by atoms with Gasteiger partial charge in [0, 0.05) is 5.56 Å². The summed E-state index contributed by atoms with van der Waals surface area (Å²) in [5.41, 5.74) is 0.833. The number of carbonyl (C=O) groups excluding carboxylic acids is 1. The van der Waals surface area contributed by atoms with E-state index in [0.29, 0.717) is 11.3 Å². The van der Waals surface area contributed by atoms with Crippen molar-refractivity contribution < 1.29 is 13.2 Å². The summed E-state index contributed by atoms with van der Waals surface area (Å²) in [4.78, 5) is 11.8. The van der Waals surface area contributed by atoms with E-state index in [-0.39, 0.29) is 0 Å². The predicted octanol–water partition coefficient (Wildman–Crippen LogP) is 1.12. The Morgan fingerprint density at radius 2 is 2.00 bits per heavy atom. The van der Waals surface area contributed by atoms with Crippen molar-refractivity contribution >= 4 is 21.6 Å². The van der Waals surface area contributed by atoms with Crippen LogP contribution in [0.15, 0.2) is 24.3 Å². The van der Waals surface area contributed by atoms with Crippen molar-refractivity contribution in [3.05, 3.63) is 29.8 Å². The zero-order chi connectivity index (χ0) is 12.8. The first-order valence-corrected chi connectivity index (χ1v) is 6.42. The summed E-state index contributed by atoms with van der Waals surface area (Å²) in [6, 6.07) is 6.35. The Morgan fingerprint density at radius 3 is 2.53 bits per heavy atom. The van der Waals surface area contributed by atoms with Gasteiger partial charge in [-0.05, 0) is 32.0 Å². The SMILES string of the molecule is C#Cc1cccc(N2C(=O)C(C)(C)S2(=O)=O)c1. The summed E-state index contributed by atoms with van der Waals surface area (Å²) in [5.74, 6) is 1.96. The van der Waals surface area contributed by atoms with E-state index < -0.39 is 20.7 Å². The minimum absolute atomic E-state index is 0.296. The van der Waals surface area contributed by atoms with Gasteiger partial charge in [-0.1, -0.05) is 12.0 Å². The normalized spacial score (nSPS) is 20.5. The van der Waals surface area contributed by atoms with Crippen molar-refractivity contribution in [3.63, 3.8) is 0 Å². The molecule has 0 N–H and O–H groups in total. The van der Waals surface area contributed by atoms with Crippen molar-refractivity contribution in [2.24, 2.45) is 0 Å². The molecule has 0 aliphatic carbocycles. The third-order valence-corrected chi connectivity index (χ3v) is 5.15. The second kappa shape index (κ2) is 3.34. The number of amides is 1. The van der Waals surface area contributed by atoms with Gasteiger partial charge in [-0.15, -0.1) is 6.42 Å². The number of benzene rings is 1. The lowest BCUT2D eigenvalue weighted by Gasteiger charge is -2.42. The van der Waals surface area contributed by atoms with Crippen LogP contribution in [0.25, 0.3) is 0 Å². The molecular formula is C12H11NO3S. The van der Waals surface area contributed by atoms with Crippen molar-refractivity contribution in [1.82, 2.24) is 0 Å². The molecule has 0 atom stereocenters. The van der Waals surface area contributed by atoms with Crippen LogP contribution in [0.2, 0.25) is 0 Å². The van der Waals surface area contributed by atoms with Crippen LogP contribution in [0.1, 0.15) is 19.4 Å². The van der Waals surface area contributed by atoms with Crippen molar-refractivity contribution in [2.45, 2.75) is 18.6 Å². The Labute approximate surface area is 100 Å². The molecule has 17 heavy (non-hydrogen) atoms. The molecule has 1 aliphatic rings. The Hall–Kier alpha value is -1.80. The van der Waals surface area contributed by atoms with E-state index in [1.54, 1.807) is 18.2 Å². The van der Waals surface area contributed by atoms with Crippen LogP contribution in [0.3, 0.4) is 0 Å². The number of carbonyl (C=O) groups is 1. The third kappa shape index (κ3) is 1.38. The van der Waals surface area contributed by atoms with Crippen LogP contribution in [0.4, 0.5) is 5.69 Å². The van der Waals surface area contributed by atoms with Crippen LogP contribution in [-0.4, -0.2) is 19.1 Å². The summed E-state index contributed by atoms with van der Waals surface area (Å²) in [6.45, 7) is 2.79. The van der Waals surface area contributed by atoms with Crippen LogP contribution in [0, 0.1) is 12.3 Å². The summed E-state index contributed by atoms with van der Waals surface area (Å²) < 4.78 is 23.3. The highest BCUT2D eigenvalue weighted by molar-refractivity contribution is 7.98. The Bertz CT molecular complexity index is 638. The van der Waals surface area contributed by atoms with Gasteiger partial charge in [0.2, 0.25) is 0 Å². The van der Waals surface area contributed by atoms with Gasteiger partial charge in [-0.3, -0.25) is 4.79 Å². The molecule has 0 aromatic heterocycles. The standard InChI is InChI=1S/C12H11NO3S/c1-4-9-6-5-7-10(8-9)13-11(14)12(2,3)17(13,15)16/h1,5-8H,2-3H3. The van der Waals surface area contributed by atoms with Crippen LogP contribution in [-0.2, 0) is 14.8 Å². The molecule has 1 amide bonds. The molecule has 0 radical (unpaired) electrons. The lowest BCUT2D eigenvalue weighted by molar-refractivity contribution is -0.120. The first-order chi connectivity index (χ1) is 7.82. The van der Waals surface area contributed by atoms with Crippen LogP contribution in [0.5, 0.6) is 0 Å². The largest absolute Gasteiger partial charge is 0.272 e. The zero-order valence-electron chi connectivity index (χ0n) is 9.47. The Kier molecular flexibility index (Phi) is 2.30. The summed E-state index contributed by atoms with van der Waals surface area (Å²) >= 11 is 0. The molecule has 0 bridgehead atoms. The molecule has 1 aromatic carbocycles. The van der Waals surface area contributed by atoms with Gasteiger partial charge >= 0.3 is 0 Å². The van der Waals surface area contributed by atoms with Crippen LogP contribution < -0.4 is 4.31 Å². The molecule has 88 valence electrons. The highest BCUT2D eigenvalue weighted by Gasteiger charge is 2.60. The van der Waals surface area contributed by atoms with E-state index in [4.69, 9.17) is 6.42 Å². The van der Waals surface area contributed by atoms with E-state index >= 15 is 0 Å². The average molecular weight is 249 g/mol. The minimum Gasteiger partial charge on any atom is -0.272 e. The number of hydrogen-bond acceptors (Lipinski definition) is 3. The number of hydrogen-bond donors (Lipinski definition) is 0. The van der Waals surface area contributed by atoms with E-state index in [9.17, 15) is 13.2 Å². The molecular weight excluding hydrogens is 238 g/mol. The van der Waals surface area contributed by atoms with Gasteiger partial charge in [0.1, 0.15) is 0 Å². The summed E-state index contributed by atoms with van der Waals surface area (Å²) in [7, 11) is -3.61. The number of terminal acetylenes is 1. The van der Waals surface area contributed by atoms with E-state index in [0.717, 1.165) is 4.31 Å². The Balaban J connectivity index is 2.51. The van der Waals surface area contributed by atoms with Gasteiger partial charge in [0.25, 0.3) is 15.9 Å². The molecule has 1 saturated heterocycles. The van der Waals surface area contributed by atoms with Gasteiger partial charge in [0.05, 0.1) is 5.69 Å². The highest BCUT2D eigenvalue weighted by atomic mass is 32.2. The van der Waals surface area contributed by atoms with Gasteiger partial charge < -0.3 is 0 Å². The molecule has 1 aromatic rings. The molecule has 0 unspecified atom stereocenters. The summed E-state index contributed by atoms with van der Waals surface area (Å²) in [6.07, 6.45) is 5.23. The molecule has 4 nitrogen and oxygen atoms in total. The maximum Gasteiger partial charge on any atom is 0.263 e. The second-order valence-electron chi connectivity index (χ2n) is 4.28. The molecule has 1 aliphatic heterocycles. The first kappa shape index (κ1) is 11.7. The maximum atomic E-state index is 11.9. The summed E-state index contributed by atoms with van der Waals surface area (Å²) in [5, 5.41) is 0. The van der Waals surface area contributed by atoms with Crippen molar-refractivity contribution in [3.8, 4) is 12.3 Å². The quantitative estimate of drug-likeness (QED) is 0.701. The highest BCUT2D eigenvalue weighted by Crippen LogP contribution is 2.38. The molecule has 1 fully saturated rings. The Morgan fingerprint density at radius 1 is 1.35 bits per heavy atom. The monoisotopic (exact) mass is 249 g/mol. The fraction of sp³-hybridized carbons (Fsp3) is 0.250. The van der Waals surface area contributed by atoms with Crippen molar-refractivity contribution in [1.29, 1.82) is 0 Å². The number of nitrogens with zero attached hydrogens (tertiary/aromatic N) is 1. The van der Waals surface area contributed by atoms with E-state index in [1.807, 2.05) is 0 Å². The maximum absolute atomic E-state index is 11.9. The first-order valence-electron chi connectivity index (χ1n) is 4.98. The number of rotatable bonds is 1. The molecule has 0 spiro atoms. The van der Waals surface area contributed by atoms with Gasteiger partial charge in [-0.2, -0.15) is 0 Å². The van der Waals surface area contributed by atoms with Crippen molar-refractivity contribution in [2.75, 3.05) is 4.31 Å². The zero-order valence-corrected chi connectivity index (χ0v) is 10.3. The molecule has 5 heteroatoms. The fourth-order valence-electron chi connectivity index (χ4n) is 1.63. The number of sulfonamides is 1. The lowest BCUT2D eigenvalue weighted by atomic mass is 10.1. The third-order valence-electron chi connectivity index (χ3n) is 2.83. The van der Waals surface area contributed by atoms with Gasteiger partial charge in [0.15, 0.2) is 4.75 Å². The number of anilines is 1. The van der Waals surface area contributed by atoms with E-state index in [1.165, 1.54) is 19.9 Å². The van der Waals surface area contributed by atoms with E-state index in [2.05, 4.69) is 5.92 Å². The average Bonchev–Trinajstić information content (AvgIpc) is 2.29. The molecule has 1 heterocycles. The topological polar surface area (TPSA) is 54.5 Å². The molecule has 0 saturated carbocycles. The predicted molar refractivity (Wildman–Crippen MR) is 64.9 cm³/mol. The fourth-order valence-corrected chi connectivity index (χ4v) is 3.11. The minimum atomic E-state index is -3.61. The van der Waals surface area contributed by atoms with Crippen LogP contribution >= 0.6 is 0 Å². The smallest absolute Gasteiger partial charge is 0.263 e. The lowest BCUT2D eigenvalue weighted by Crippen LogP contribution is -2.67.